The standard InChI is InChI=1S/C14H25N3O3S/c1-5-17(6-2)10-11-20-12-8-7-9-13(14(12)15)21(18,19)16(3)4/h7-9H,5-6,10-11,15H2,1-4H3. The van der Waals surface area contributed by atoms with Crippen LogP contribution in [-0.2, 0) is 10.0 Å². The third kappa shape index (κ3) is 4.33. The van der Waals surface area contributed by atoms with E-state index in [0.29, 0.717) is 12.4 Å². The second-order valence-corrected chi connectivity index (χ2v) is 6.95. The van der Waals surface area contributed by atoms with Crippen LogP contribution >= 0.6 is 0 Å². The molecule has 2 N–H and O–H groups in total. The largest absolute Gasteiger partial charge is 0.490 e. The fourth-order valence-corrected chi connectivity index (χ4v) is 2.92. The van der Waals surface area contributed by atoms with Gasteiger partial charge in [0, 0.05) is 20.6 Å². The molecule has 1 rings (SSSR count). The molecular weight excluding hydrogens is 290 g/mol. The highest BCUT2D eigenvalue weighted by Crippen LogP contribution is 2.29. The second-order valence-electron chi connectivity index (χ2n) is 4.83. The van der Waals surface area contributed by atoms with Crippen LogP contribution in [0.3, 0.4) is 0 Å². The highest BCUT2D eigenvalue weighted by Gasteiger charge is 2.22. The van der Waals surface area contributed by atoms with Crippen molar-refractivity contribution in [3.8, 4) is 5.75 Å². The van der Waals surface area contributed by atoms with Crippen LogP contribution in [0.5, 0.6) is 5.75 Å². The van der Waals surface area contributed by atoms with Crippen molar-refractivity contribution in [3.05, 3.63) is 18.2 Å². The predicted molar refractivity (Wildman–Crippen MR) is 85.0 cm³/mol. The van der Waals surface area contributed by atoms with E-state index in [0.717, 1.165) is 23.9 Å². The summed E-state index contributed by atoms with van der Waals surface area (Å²) in [5, 5.41) is 0. The number of benzene rings is 1. The number of para-hydroxylation sites is 1. The average Bonchev–Trinajstić information content (AvgIpc) is 2.44. The Morgan fingerprint density at radius 2 is 1.81 bits per heavy atom. The van der Waals surface area contributed by atoms with Crippen molar-refractivity contribution in [2.75, 3.05) is 46.1 Å². The van der Waals surface area contributed by atoms with Gasteiger partial charge in [-0.15, -0.1) is 0 Å². The normalized spacial score (nSPS) is 12.1. The zero-order valence-electron chi connectivity index (χ0n) is 13.2. The Balaban J connectivity index is 2.87. The van der Waals surface area contributed by atoms with Crippen LogP contribution in [-0.4, -0.2) is 58.0 Å². The summed E-state index contributed by atoms with van der Waals surface area (Å²) in [5.74, 6) is 0.407. The second kappa shape index (κ2) is 7.63. The topological polar surface area (TPSA) is 75.9 Å². The van der Waals surface area contributed by atoms with E-state index in [1.54, 1.807) is 12.1 Å². The molecule has 6 nitrogen and oxygen atoms in total. The molecule has 0 spiro atoms. The molecule has 0 aliphatic heterocycles. The maximum absolute atomic E-state index is 12.2. The fraction of sp³-hybridized carbons (Fsp3) is 0.571. The Kier molecular flexibility index (Phi) is 6.44. The van der Waals surface area contributed by atoms with Crippen molar-refractivity contribution < 1.29 is 13.2 Å². The van der Waals surface area contributed by atoms with Gasteiger partial charge >= 0.3 is 0 Å². The lowest BCUT2D eigenvalue weighted by Crippen LogP contribution is -2.28. The number of likely N-dealkylation sites (N-methyl/N-ethyl adjacent to an activating group) is 1. The van der Waals surface area contributed by atoms with E-state index < -0.39 is 10.0 Å². The molecule has 21 heavy (non-hydrogen) atoms. The number of nitrogens with zero attached hydrogens (tertiary/aromatic N) is 2. The third-order valence-corrected chi connectivity index (χ3v) is 5.22. The van der Waals surface area contributed by atoms with E-state index in [9.17, 15) is 8.42 Å². The molecule has 0 fully saturated rings. The van der Waals surface area contributed by atoms with Gasteiger partial charge in [0.05, 0.1) is 5.69 Å². The molecule has 0 unspecified atom stereocenters. The number of hydrogen-bond donors (Lipinski definition) is 1. The maximum atomic E-state index is 12.2. The van der Waals surface area contributed by atoms with Crippen molar-refractivity contribution in [3.63, 3.8) is 0 Å². The first-order valence-electron chi connectivity index (χ1n) is 7.00. The first-order valence-corrected chi connectivity index (χ1v) is 8.44. The van der Waals surface area contributed by atoms with Crippen LogP contribution in [0.4, 0.5) is 5.69 Å². The highest BCUT2D eigenvalue weighted by molar-refractivity contribution is 7.89. The van der Waals surface area contributed by atoms with Crippen molar-refractivity contribution in [2.24, 2.45) is 0 Å². The van der Waals surface area contributed by atoms with Gasteiger partial charge in [-0.25, -0.2) is 12.7 Å². The number of nitrogen functional groups attached to an aromatic ring is 1. The van der Waals surface area contributed by atoms with E-state index in [1.165, 1.54) is 20.2 Å². The van der Waals surface area contributed by atoms with E-state index in [4.69, 9.17) is 10.5 Å². The van der Waals surface area contributed by atoms with Crippen LogP contribution in [0.25, 0.3) is 0 Å². The van der Waals surface area contributed by atoms with Gasteiger partial charge in [0.1, 0.15) is 17.3 Å². The molecule has 7 heteroatoms. The molecule has 1 aromatic carbocycles. The van der Waals surface area contributed by atoms with Crippen LogP contribution in [0.15, 0.2) is 23.1 Å². The molecule has 0 heterocycles. The van der Waals surface area contributed by atoms with Crippen LogP contribution in [0, 0.1) is 0 Å². The molecular formula is C14H25N3O3S. The molecule has 120 valence electrons. The SMILES string of the molecule is CCN(CC)CCOc1cccc(S(=O)(=O)N(C)C)c1N. The molecule has 0 aromatic heterocycles. The van der Waals surface area contributed by atoms with E-state index in [2.05, 4.69) is 18.7 Å². The molecule has 0 atom stereocenters. The number of sulfonamides is 1. The lowest BCUT2D eigenvalue weighted by atomic mass is 10.3. The van der Waals surface area contributed by atoms with E-state index in [1.807, 2.05) is 0 Å². The van der Waals surface area contributed by atoms with Crippen LogP contribution in [0.1, 0.15) is 13.8 Å². The summed E-state index contributed by atoms with van der Waals surface area (Å²) < 4.78 is 31.1. The fourth-order valence-electron chi connectivity index (χ4n) is 1.90. The number of nitrogens with two attached hydrogens (primary N) is 1. The van der Waals surface area contributed by atoms with Gasteiger partial charge in [0.15, 0.2) is 0 Å². The highest BCUT2D eigenvalue weighted by atomic mass is 32.2. The van der Waals surface area contributed by atoms with Gasteiger partial charge in [0.2, 0.25) is 10.0 Å². The quantitative estimate of drug-likeness (QED) is 0.731. The maximum Gasteiger partial charge on any atom is 0.244 e. The summed E-state index contributed by atoms with van der Waals surface area (Å²) in [4.78, 5) is 2.30. The Morgan fingerprint density at radius 1 is 1.19 bits per heavy atom. The predicted octanol–water partition coefficient (Wildman–Crippen LogP) is 1.24. The number of anilines is 1. The molecule has 0 saturated carbocycles. The lowest BCUT2D eigenvalue weighted by Gasteiger charge is -2.19. The zero-order chi connectivity index (χ0) is 16.0. The first-order chi connectivity index (χ1) is 9.84. The summed E-state index contributed by atoms with van der Waals surface area (Å²) in [6.45, 7) is 7.31. The van der Waals surface area contributed by atoms with Gasteiger partial charge in [0.25, 0.3) is 0 Å². The number of hydrogen-bond acceptors (Lipinski definition) is 5. The van der Waals surface area contributed by atoms with Gasteiger partial charge in [-0.05, 0) is 25.2 Å². The van der Waals surface area contributed by atoms with Crippen molar-refractivity contribution >= 4 is 15.7 Å². The summed E-state index contributed by atoms with van der Waals surface area (Å²) in [7, 11) is -0.613. The van der Waals surface area contributed by atoms with Crippen LogP contribution in [0.2, 0.25) is 0 Å². The minimum absolute atomic E-state index is 0.0767. The Morgan fingerprint density at radius 3 is 2.33 bits per heavy atom. The molecule has 0 bridgehead atoms. The Bertz CT molecular complexity index is 555. The first kappa shape index (κ1) is 17.7. The molecule has 0 aliphatic rings. The minimum atomic E-state index is -3.56. The smallest absolute Gasteiger partial charge is 0.244 e. The molecule has 0 saturated heterocycles. The van der Waals surface area contributed by atoms with Crippen molar-refractivity contribution in [2.45, 2.75) is 18.7 Å². The Labute approximate surface area is 127 Å². The number of rotatable bonds is 8. The van der Waals surface area contributed by atoms with E-state index >= 15 is 0 Å². The van der Waals surface area contributed by atoms with Crippen LogP contribution < -0.4 is 10.5 Å². The number of ether oxygens (including phenoxy) is 1. The van der Waals surface area contributed by atoms with Gasteiger partial charge in [-0.2, -0.15) is 0 Å². The van der Waals surface area contributed by atoms with Gasteiger partial charge < -0.3 is 15.4 Å². The average molecular weight is 315 g/mol. The molecule has 0 aliphatic carbocycles. The van der Waals surface area contributed by atoms with E-state index in [-0.39, 0.29) is 10.6 Å². The van der Waals surface area contributed by atoms with Crippen molar-refractivity contribution in [1.29, 1.82) is 0 Å². The van der Waals surface area contributed by atoms with Gasteiger partial charge in [-0.3, -0.25) is 0 Å². The Hall–Kier alpha value is -1.31. The summed E-state index contributed by atoms with van der Waals surface area (Å²) in [5.41, 5.74) is 6.10. The third-order valence-electron chi connectivity index (χ3n) is 3.34. The lowest BCUT2D eigenvalue weighted by molar-refractivity contribution is 0.223. The summed E-state index contributed by atoms with van der Waals surface area (Å²) in [6.07, 6.45) is 0. The summed E-state index contributed by atoms with van der Waals surface area (Å²) in [6, 6.07) is 4.81. The molecule has 0 amide bonds. The molecule has 0 radical (unpaired) electrons. The minimum Gasteiger partial charge on any atom is -0.490 e. The zero-order valence-corrected chi connectivity index (χ0v) is 14.0. The van der Waals surface area contributed by atoms with Gasteiger partial charge in [-0.1, -0.05) is 19.9 Å². The monoisotopic (exact) mass is 315 g/mol. The molecule has 1 aromatic rings. The van der Waals surface area contributed by atoms with Crippen molar-refractivity contribution in [1.82, 2.24) is 9.21 Å². The summed E-state index contributed by atoms with van der Waals surface area (Å²) >= 11 is 0.